The van der Waals surface area contributed by atoms with Gasteiger partial charge in [-0.3, -0.25) is 4.79 Å². The van der Waals surface area contributed by atoms with Gasteiger partial charge in [-0.2, -0.15) is 0 Å². The molecule has 0 radical (unpaired) electrons. The fraction of sp³-hybridized carbons (Fsp3) is 0.533. The highest BCUT2D eigenvalue weighted by Crippen LogP contribution is 2.24. The van der Waals surface area contributed by atoms with E-state index in [-0.39, 0.29) is 17.9 Å². The van der Waals surface area contributed by atoms with Gasteiger partial charge >= 0.3 is 0 Å². The first kappa shape index (κ1) is 15.5. The van der Waals surface area contributed by atoms with Crippen LogP contribution in [0.4, 0.5) is 5.69 Å². The van der Waals surface area contributed by atoms with E-state index in [1.165, 1.54) is 0 Å². The lowest BCUT2D eigenvalue weighted by atomic mass is 9.83. The molecule has 4 nitrogen and oxygen atoms in total. The number of nitrogen functional groups attached to an aromatic ring is 1. The first-order valence-electron chi connectivity index (χ1n) is 6.77. The summed E-state index contributed by atoms with van der Waals surface area (Å²) < 4.78 is 0. The number of carbonyl (C=O) groups excluding carboxylic acids is 1. The minimum Gasteiger partial charge on any atom is -0.399 e. The van der Waals surface area contributed by atoms with Crippen LogP contribution in [0.3, 0.4) is 0 Å². The van der Waals surface area contributed by atoms with Gasteiger partial charge in [0.05, 0.1) is 13.0 Å². The Bertz CT molecular complexity index is 389. The Morgan fingerprint density at radius 1 is 1.26 bits per heavy atom. The van der Waals surface area contributed by atoms with Crippen molar-refractivity contribution in [1.29, 1.82) is 0 Å². The summed E-state index contributed by atoms with van der Waals surface area (Å²) in [6, 6.07) is 7.29. The molecule has 1 rings (SSSR count). The zero-order valence-corrected chi connectivity index (χ0v) is 11.8. The maximum atomic E-state index is 11.9. The Balaban J connectivity index is 2.49. The second-order valence-corrected chi connectivity index (χ2v) is 5.06. The summed E-state index contributed by atoms with van der Waals surface area (Å²) in [6.45, 7) is 4.68. The van der Waals surface area contributed by atoms with Crippen molar-refractivity contribution in [2.75, 3.05) is 18.9 Å². The van der Waals surface area contributed by atoms with Crippen LogP contribution in [0.15, 0.2) is 24.3 Å². The largest absolute Gasteiger partial charge is 0.399 e. The van der Waals surface area contributed by atoms with Crippen LogP contribution in [-0.2, 0) is 11.2 Å². The Hall–Kier alpha value is -1.55. The van der Waals surface area contributed by atoms with Gasteiger partial charge < -0.3 is 16.2 Å². The highest BCUT2D eigenvalue weighted by Gasteiger charge is 2.25. The van der Waals surface area contributed by atoms with Crippen molar-refractivity contribution >= 4 is 11.6 Å². The number of aliphatic hydroxyl groups is 1. The van der Waals surface area contributed by atoms with Crippen molar-refractivity contribution in [2.24, 2.45) is 5.41 Å². The minimum absolute atomic E-state index is 0.0236. The zero-order chi connectivity index (χ0) is 14.3. The predicted octanol–water partition coefficient (Wildman–Crippen LogP) is 1.73. The molecule has 0 saturated carbocycles. The van der Waals surface area contributed by atoms with Crippen LogP contribution in [0.25, 0.3) is 0 Å². The second-order valence-electron chi connectivity index (χ2n) is 5.06. The van der Waals surface area contributed by atoms with Crippen LogP contribution >= 0.6 is 0 Å². The average Bonchev–Trinajstić information content (AvgIpc) is 2.44. The summed E-state index contributed by atoms with van der Waals surface area (Å²) in [7, 11) is 0. The maximum absolute atomic E-state index is 11.9. The summed E-state index contributed by atoms with van der Waals surface area (Å²) in [5.41, 5.74) is 7.04. The van der Waals surface area contributed by atoms with Crippen LogP contribution in [0, 0.1) is 5.41 Å². The van der Waals surface area contributed by atoms with E-state index in [1.54, 1.807) is 12.1 Å². The molecule has 1 aromatic rings. The lowest BCUT2D eigenvalue weighted by Gasteiger charge is -2.29. The molecule has 0 bridgehead atoms. The fourth-order valence-corrected chi connectivity index (χ4v) is 1.95. The molecule has 0 aliphatic carbocycles. The number of hydrogen-bond donors (Lipinski definition) is 3. The smallest absolute Gasteiger partial charge is 0.224 e. The Kier molecular flexibility index (Phi) is 5.83. The molecule has 4 heteroatoms. The normalized spacial score (nSPS) is 11.3. The number of nitrogens with two attached hydrogens (primary N) is 1. The first-order valence-corrected chi connectivity index (χ1v) is 6.77. The monoisotopic (exact) mass is 264 g/mol. The summed E-state index contributed by atoms with van der Waals surface area (Å²) in [5.74, 6) is -0.0236. The fourth-order valence-electron chi connectivity index (χ4n) is 1.95. The molecule has 19 heavy (non-hydrogen) atoms. The number of amides is 1. The van der Waals surface area contributed by atoms with Gasteiger partial charge in [0.2, 0.25) is 5.91 Å². The van der Waals surface area contributed by atoms with E-state index < -0.39 is 0 Å². The number of benzene rings is 1. The van der Waals surface area contributed by atoms with Crippen molar-refractivity contribution in [3.05, 3.63) is 29.8 Å². The Morgan fingerprint density at radius 2 is 1.84 bits per heavy atom. The minimum atomic E-state index is -0.198. The van der Waals surface area contributed by atoms with Crippen LogP contribution in [0.5, 0.6) is 0 Å². The molecule has 1 aromatic carbocycles. The average molecular weight is 264 g/mol. The second kappa shape index (κ2) is 7.14. The third-order valence-electron chi connectivity index (χ3n) is 3.84. The van der Waals surface area contributed by atoms with Crippen LogP contribution in [-0.4, -0.2) is 24.2 Å². The Morgan fingerprint density at radius 3 is 2.32 bits per heavy atom. The SMILES string of the molecule is CCC(CC)(CO)CNC(=O)Cc1ccc(N)cc1. The molecule has 0 aliphatic rings. The van der Waals surface area contributed by atoms with E-state index >= 15 is 0 Å². The van der Waals surface area contributed by atoms with Gasteiger partial charge in [0, 0.05) is 17.6 Å². The number of carbonyl (C=O) groups is 1. The van der Waals surface area contributed by atoms with Crippen molar-refractivity contribution < 1.29 is 9.90 Å². The third kappa shape index (κ3) is 4.56. The number of anilines is 1. The number of aliphatic hydroxyl groups excluding tert-OH is 1. The van der Waals surface area contributed by atoms with Gasteiger partial charge in [0.1, 0.15) is 0 Å². The van der Waals surface area contributed by atoms with Crippen LogP contribution < -0.4 is 11.1 Å². The zero-order valence-electron chi connectivity index (χ0n) is 11.8. The van der Waals surface area contributed by atoms with Gasteiger partial charge in [-0.05, 0) is 30.5 Å². The van der Waals surface area contributed by atoms with E-state index in [4.69, 9.17) is 5.73 Å². The van der Waals surface area contributed by atoms with Gasteiger partial charge in [0.15, 0.2) is 0 Å². The molecule has 4 N–H and O–H groups in total. The van der Waals surface area contributed by atoms with Gasteiger partial charge in [0.25, 0.3) is 0 Å². The lowest BCUT2D eigenvalue weighted by Crippen LogP contribution is -2.39. The lowest BCUT2D eigenvalue weighted by molar-refractivity contribution is -0.121. The molecular weight excluding hydrogens is 240 g/mol. The highest BCUT2D eigenvalue weighted by atomic mass is 16.3. The molecule has 0 aromatic heterocycles. The molecular formula is C15H24N2O2. The van der Waals surface area contributed by atoms with Gasteiger partial charge in [-0.15, -0.1) is 0 Å². The van der Waals surface area contributed by atoms with Crippen molar-refractivity contribution in [2.45, 2.75) is 33.1 Å². The Labute approximate surface area is 115 Å². The van der Waals surface area contributed by atoms with E-state index in [2.05, 4.69) is 5.32 Å². The molecule has 0 unspecified atom stereocenters. The number of hydrogen-bond acceptors (Lipinski definition) is 3. The predicted molar refractivity (Wildman–Crippen MR) is 77.7 cm³/mol. The van der Waals surface area contributed by atoms with Crippen molar-refractivity contribution in [1.82, 2.24) is 5.32 Å². The standard InChI is InChI=1S/C15H24N2O2/c1-3-15(4-2,11-18)10-17-14(19)9-12-5-7-13(16)8-6-12/h5-8,18H,3-4,9-11,16H2,1-2H3,(H,17,19). The molecule has 1 amide bonds. The molecule has 0 saturated heterocycles. The van der Waals surface area contributed by atoms with E-state index in [0.29, 0.717) is 18.7 Å². The first-order chi connectivity index (χ1) is 9.05. The van der Waals surface area contributed by atoms with E-state index in [0.717, 1.165) is 18.4 Å². The van der Waals surface area contributed by atoms with Gasteiger partial charge in [-0.1, -0.05) is 26.0 Å². The quantitative estimate of drug-likeness (QED) is 0.656. The third-order valence-corrected chi connectivity index (χ3v) is 3.84. The molecule has 0 atom stereocenters. The maximum Gasteiger partial charge on any atom is 0.224 e. The van der Waals surface area contributed by atoms with Crippen LogP contribution in [0.2, 0.25) is 0 Å². The summed E-state index contributed by atoms with van der Waals surface area (Å²) in [5, 5.41) is 12.4. The summed E-state index contributed by atoms with van der Waals surface area (Å²) in [4.78, 5) is 11.9. The van der Waals surface area contributed by atoms with Gasteiger partial charge in [-0.25, -0.2) is 0 Å². The van der Waals surface area contributed by atoms with Crippen molar-refractivity contribution in [3.63, 3.8) is 0 Å². The van der Waals surface area contributed by atoms with E-state index in [9.17, 15) is 9.90 Å². The molecule has 0 spiro atoms. The summed E-state index contributed by atoms with van der Waals surface area (Å²) in [6.07, 6.45) is 2.04. The number of rotatable bonds is 7. The summed E-state index contributed by atoms with van der Waals surface area (Å²) >= 11 is 0. The molecule has 0 fully saturated rings. The molecule has 106 valence electrons. The number of nitrogens with one attached hydrogen (secondary N) is 1. The highest BCUT2D eigenvalue weighted by molar-refractivity contribution is 5.78. The van der Waals surface area contributed by atoms with Crippen molar-refractivity contribution in [3.8, 4) is 0 Å². The molecule has 0 heterocycles. The topological polar surface area (TPSA) is 75.3 Å². The van der Waals surface area contributed by atoms with Crippen LogP contribution in [0.1, 0.15) is 32.3 Å². The molecule has 0 aliphatic heterocycles. The van der Waals surface area contributed by atoms with E-state index in [1.807, 2.05) is 26.0 Å².